The van der Waals surface area contributed by atoms with Gasteiger partial charge in [-0.3, -0.25) is 5.32 Å². The van der Waals surface area contributed by atoms with Crippen molar-refractivity contribution in [1.82, 2.24) is 0 Å². The molecule has 2 aromatic rings. The van der Waals surface area contributed by atoms with Gasteiger partial charge in [-0.15, -0.1) is 0 Å². The molecule has 0 bridgehead atoms. The van der Waals surface area contributed by atoms with Gasteiger partial charge in [0.2, 0.25) is 0 Å². The Morgan fingerprint density at radius 1 is 1.14 bits per heavy atom. The highest BCUT2D eigenvalue weighted by atomic mass is 16.5. The van der Waals surface area contributed by atoms with E-state index in [1.54, 1.807) is 0 Å². The average Bonchev–Trinajstić information content (AvgIpc) is 2.55. The minimum atomic E-state index is -0.369. The van der Waals surface area contributed by atoms with Crippen LogP contribution in [-0.2, 0) is 4.74 Å². The summed E-state index contributed by atoms with van der Waals surface area (Å²) in [5, 5.41) is 4.99. The van der Waals surface area contributed by atoms with Crippen LogP contribution in [0.5, 0.6) is 0 Å². The lowest BCUT2D eigenvalue weighted by molar-refractivity contribution is 0.136. The number of benzene rings is 2. The van der Waals surface area contributed by atoms with E-state index in [-0.39, 0.29) is 6.09 Å². The highest BCUT2D eigenvalue weighted by molar-refractivity contribution is 6.00. The van der Waals surface area contributed by atoms with Gasteiger partial charge in [0.15, 0.2) is 0 Å². The van der Waals surface area contributed by atoms with Crippen LogP contribution in [0, 0.1) is 5.92 Å². The van der Waals surface area contributed by atoms with Crippen molar-refractivity contribution in [1.29, 1.82) is 0 Å². The van der Waals surface area contributed by atoms with Gasteiger partial charge in [0.25, 0.3) is 0 Å². The first kappa shape index (κ1) is 16.3. The van der Waals surface area contributed by atoms with Gasteiger partial charge in [0, 0.05) is 5.39 Å². The topological polar surface area (TPSA) is 38.3 Å². The van der Waals surface area contributed by atoms with Crippen molar-refractivity contribution in [2.75, 3.05) is 11.9 Å². The summed E-state index contributed by atoms with van der Waals surface area (Å²) in [5.41, 5.74) is 0.796. The molecule has 1 N–H and O–H groups in total. The second-order valence-electron chi connectivity index (χ2n) is 5.67. The Balaban J connectivity index is 1.93. The number of fused-ring (bicyclic) bond motifs is 1. The normalized spacial score (nSPS) is 12.1. The summed E-state index contributed by atoms with van der Waals surface area (Å²) in [7, 11) is 0. The van der Waals surface area contributed by atoms with E-state index in [9.17, 15) is 4.79 Å². The van der Waals surface area contributed by atoms with Gasteiger partial charge in [0.05, 0.1) is 12.3 Å². The minimum Gasteiger partial charge on any atom is -0.449 e. The Labute approximate surface area is 132 Å². The lowest BCUT2D eigenvalue weighted by Crippen LogP contribution is -2.18. The molecule has 1 unspecified atom stereocenters. The summed E-state index contributed by atoms with van der Waals surface area (Å²) < 4.78 is 5.39. The maximum Gasteiger partial charge on any atom is 0.411 e. The number of ether oxygens (including phenoxy) is 1. The van der Waals surface area contributed by atoms with Crippen LogP contribution in [0.4, 0.5) is 10.5 Å². The SMILES string of the molecule is CCCCC(CC)COC(=O)Nc1cccc2ccccc12. The molecular formula is C19H25NO2. The maximum absolute atomic E-state index is 12.0. The molecular weight excluding hydrogens is 274 g/mol. The Kier molecular flexibility index (Phi) is 6.26. The number of hydrogen-bond acceptors (Lipinski definition) is 2. The van der Waals surface area contributed by atoms with E-state index in [0.29, 0.717) is 12.5 Å². The van der Waals surface area contributed by atoms with Crippen molar-refractivity contribution in [2.45, 2.75) is 39.5 Å². The number of unbranched alkanes of at least 4 members (excludes halogenated alkanes) is 1. The van der Waals surface area contributed by atoms with Crippen molar-refractivity contribution in [3.05, 3.63) is 42.5 Å². The molecule has 0 aliphatic carbocycles. The summed E-state index contributed by atoms with van der Waals surface area (Å²) >= 11 is 0. The van der Waals surface area contributed by atoms with E-state index in [2.05, 4.69) is 19.2 Å². The molecule has 0 radical (unpaired) electrons. The van der Waals surface area contributed by atoms with Crippen molar-refractivity contribution < 1.29 is 9.53 Å². The Bertz CT molecular complexity index is 604. The van der Waals surface area contributed by atoms with E-state index in [4.69, 9.17) is 4.74 Å². The zero-order valence-electron chi connectivity index (χ0n) is 13.5. The summed E-state index contributed by atoms with van der Waals surface area (Å²) in [5.74, 6) is 0.457. The highest BCUT2D eigenvalue weighted by Gasteiger charge is 2.11. The molecule has 0 aromatic heterocycles. The molecule has 1 atom stereocenters. The lowest BCUT2D eigenvalue weighted by atomic mass is 10.0. The molecule has 0 fully saturated rings. The molecule has 3 heteroatoms. The lowest BCUT2D eigenvalue weighted by Gasteiger charge is -2.15. The van der Waals surface area contributed by atoms with E-state index in [0.717, 1.165) is 29.3 Å². The third-order valence-electron chi connectivity index (χ3n) is 4.02. The molecule has 118 valence electrons. The molecule has 1 amide bonds. The largest absolute Gasteiger partial charge is 0.449 e. The molecule has 0 saturated carbocycles. The summed E-state index contributed by atoms with van der Waals surface area (Å²) in [6, 6.07) is 13.9. The molecule has 0 aliphatic rings. The van der Waals surface area contributed by atoms with Crippen LogP contribution in [-0.4, -0.2) is 12.7 Å². The minimum absolute atomic E-state index is 0.369. The number of carbonyl (C=O) groups is 1. The number of rotatable bonds is 7. The Morgan fingerprint density at radius 2 is 1.91 bits per heavy atom. The second-order valence-corrected chi connectivity index (χ2v) is 5.67. The maximum atomic E-state index is 12.0. The van der Waals surface area contributed by atoms with Crippen LogP contribution >= 0.6 is 0 Å². The van der Waals surface area contributed by atoms with Gasteiger partial charge >= 0.3 is 6.09 Å². The van der Waals surface area contributed by atoms with Crippen LogP contribution in [0.15, 0.2) is 42.5 Å². The summed E-state index contributed by atoms with van der Waals surface area (Å²) in [6.07, 6.45) is 4.16. The number of carbonyl (C=O) groups excluding carboxylic acids is 1. The molecule has 3 nitrogen and oxygen atoms in total. The van der Waals surface area contributed by atoms with Crippen molar-refractivity contribution >= 4 is 22.6 Å². The van der Waals surface area contributed by atoms with Gasteiger partial charge in [-0.2, -0.15) is 0 Å². The number of hydrogen-bond donors (Lipinski definition) is 1. The first-order valence-electron chi connectivity index (χ1n) is 8.16. The molecule has 0 aliphatic heterocycles. The zero-order valence-corrected chi connectivity index (χ0v) is 13.5. The quantitative estimate of drug-likeness (QED) is 0.722. The van der Waals surface area contributed by atoms with Gasteiger partial charge < -0.3 is 4.74 Å². The number of anilines is 1. The predicted molar refractivity (Wildman–Crippen MR) is 92.2 cm³/mol. The Hall–Kier alpha value is -2.03. The van der Waals surface area contributed by atoms with Crippen LogP contribution in [0.2, 0.25) is 0 Å². The second kappa shape index (κ2) is 8.42. The zero-order chi connectivity index (χ0) is 15.8. The van der Waals surface area contributed by atoms with E-state index in [1.165, 1.54) is 12.8 Å². The third kappa shape index (κ3) is 4.48. The van der Waals surface area contributed by atoms with E-state index in [1.807, 2.05) is 42.5 Å². The van der Waals surface area contributed by atoms with Crippen molar-refractivity contribution in [3.8, 4) is 0 Å². The predicted octanol–water partition coefficient (Wildman–Crippen LogP) is 5.60. The fourth-order valence-corrected chi connectivity index (χ4v) is 2.57. The summed E-state index contributed by atoms with van der Waals surface area (Å²) in [4.78, 5) is 12.0. The van der Waals surface area contributed by atoms with Crippen LogP contribution < -0.4 is 5.32 Å². The van der Waals surface area contributed by atoms with Gasteiger partial charge in [0.1, 0.15) is 0 Å². The smallest absolute Gasteiger partial charge is 0.411 e. The number of nitrogens with one attached hydrogen (secondary N) is 1. The highest BCUT2D eigenvalue weighted by Crippen LogP contribution is 2.23. The van der Waals surface area contributed by atoms with Gasteiger partial charge in [-0.05, 0) is 23.8 Å². The van der Waals surface area contributed by atoms with Crippen LogP contribution in [0.3, 0.4) is 0 Å². The van der Waals surface area contributed by atoms with Crippen LogP contribution in [0.25, 0.3) is 10.8 Å². The van der Waals surface area contributed by atoms with Crippen LogP contribution in [0.1, 0.15) is 39.5 Å². The fourth-order valence-electron chi connectivity index (χ4n) is 2.57. The summed E-state index contributed by atoms with van der Waals surface area (Å²) in [6.45, 7) is 4.82. The molecule has 0 saturated heterocycles. The molecule has 22 heavy (non-hydrogen) atoms. The molecule has 2 rings (SSSR count). The fraction of sp³-hybridized carbons (Fsp3) is 0.421. The van der Waals surface area contributed by atoms with Gasteiger partial charge in [-0.1, -0.05) is 69.5 Å². The van der Waals surface area contributed by atoms with Crippen molar-refractivity contribution in [2.24, 2.45) is 5.92 Å². The van der Waals surface area contributed by atoms with Crippen molar-refractivity contribution in [3.63, 3.8) is 0 Å². The van der Waals surface area contributed by atoms with Gasteiger partial charge in [-0.25, -0.2) is 4.79 Å². The Morgan fingerprint density at radius 3 is 2.68 bits per heavy atom. The molecule has 2 aromatic carbocycles. The molecule has 0 spiro atoms. The number of amides is 1. The molecule has 0 heterocycles. The first-order valence-corrected chi connectivity index (χ1v) is 8.16. The standard InChI is InChI=1S/C19H25NO2/c1-3-5-9-15(4-2)14-22-19(21)20-18-13-8-11-16-10-6-7-12-17(16)18/h6-8,10-13,15H,3-5,9,14H2,1-2H3,(H,20,21). The third-order valence-corrected chi connectivity index (χ3v) is 4.02. The first-order chi connectivity index (χ1) is 10.7. The van der Waals surface area contributed by atoms with E-state index < -0.39 is 0 Å². The van der Waals surface area contributed by atoms with E-state index >= 15 is 0 Å². The monoisotopic (exact) mass is 299 g/mol. The average molecular weight is 299 g/mol.